The van der Waals surface area contributed by atoms with Crippen LogP contribution in [-0.4, -0.2) is 45.3 Å². The van der Waals surface area contributed by atoms with E-state index in [-0.39, 0.29) is 11.9 Å². The molecule has 0 unspecified atom stereocenters. The molecule has 2 aromatic carbocycles. The van der Waals surface area contributed by atoms with Crippen LogP contribution < -0.4 is 26.0 Å². The van der Waals surface area contributed by atoms with E-state index in [0.29, 0.717) is 44.2 Å². The monoisotopic (exact) mass is 399 g/mol. The average Bonchev–Trinajstić information content (AvgIpc) is 2.76. The van der Waals surface area contributed by atoms with Crippen molar-refractivity contribution in [3.8, 4) is 0 Å². The van der Waals surface area contributed by atoms with Crippen LogP contribution in [0.2, 0.25) is 0 Å². The van der Waals surface area contributed by atoms with Crippen molar-refractivity contribution >= 4 is 23.0 Å². The molecule has 1 heterocycles. The Morgan fingerprint density at radius 2 is 1.97 bits per heavy atom. The third-order valence-electron chi connectivity index (χ3n) is 5.43. The van der Waals surface area contributed by atoms with Gasteiger partial charge in [0.25, 0.3) is 10.9 Å². The van der Waals surface area contributed by atoms with E-state index >= 15 is 0 Å². The van der Waals surface area contributed by atoms with Crippen molar-refractivity contribution in [3.63, 3.8) is 0 Å². The lowest BCUT2D eigenvalue weighted by Gasteiger charge is -2.34. The minimum atomic E-state index is -0.471. The lowest BCUT2D eigenvalue weighted by Crippen LogP contribution is -2.48. The first-order valence-electron chi connectivity index (χ1n) is 10.4. The zero-order chi connectivity index (χ0) is 20.8. The molecule has 0 amide bonds. The van der Waals surface area contributed by atoms with Gasteiger partial charge in [0.15, 0.2) is 0 Å². The fourth-order valence-electron chi connectivity index (χ4n) is 3.90. The molecule has 0 radical (unpaired) electrons. The molecule has 1 fully saturated rings. The second-order valence-corrected chi connectivity index (χ2v) is 7.26. The van der Waals surface area contributed by atoms with Crippen molar-refractivity contribution in [2.75, 3.05) is 54.4 Å². The molecule has 0 aromatic heterocycles. The van der Waals surface area contributed by atoms with Gasteiger partial charge in [0.1, 0.15) is 11.4 Å². The summed E-state index contributed by atoms with van der Waals surface area (Å²) in [5, 5.41) is 3.16. The Bertz CT molecular complexity index is 889. The number of carbonyl (C=O) groups is 1. The molecule has 1 N–H and O–H groups in total. The normalized spacial score (nSPS) is 16.6. The Kier molecular flexibility index (Phi) is 6.90. The second kappa shape index (κ2) is 9.58. The van der Waals surface area contributed by atoms with Crippen LogP contribution >= 0.6 is 0 Å². The van der Waals surface area contributed by atoms with E-state index in [1.54, 1.807) is 6.92 Å². The van der Waals surface area contributed by atoms with E-state index in [9.17, 15) is 14.4 Å². The van der Waals surface area contributed by atoms with Crippen LogP contribution in [0.5, 0.6) is 0 Å². The Morgan fingerprint density at radius 3 is 2.66 bits per heavy atom. The first-order chi connectivity index (χ1) is 14.1. The van der Waals surface area contributed by atoms with E-state index in [2.05, 4.69) is 29.3 Å². The third-order valence-corrected chi connectivity index (χ3v) is 5.43. The molecule has 1 atom stereocenters. The molecule has 7 nitrogen and oxygen atoms in total. The summed E-state index contributed by atoms with van der Waals surface area (Å²) in [6, 6.07) is 10.1. The molecule has 1 aliphatic rings. The van der Waals surface area contributed by atoms with Crippen LogP contribution in [-0.2, 0) is 9.53 Å². The topological polar surface area (TPSA) is 79.0 Å². The van der Waals surface area contributed by atoms with Crippen LogP contribution in [0, 0.1) is 5.92 Å². The molecule has 1 saturated heterocycles. The fraction of sp³-hybridized carbons (Fsp3) is 0.500. The summed E-state index contributed by atoms with van der Waals surface area (Å²) in [5.41, 5.74) is 0.985. The van der Waals surface area contributed by atoms with Gasteiger partial charge in [-0.2, -0.15) is 0 Å². The van der Waals surface area contributed by atoms with Crippen LogP contribution in [0.1, 0.15) is 26.7 Å². The van der Waals surface area contributed by atoms with Gasteiger partial charge in [-0.25, -0.2) is 0 Å². The number of hydrogen-bond donors (Lipinski definition) is 1. The molecule has 156 valence electrons. The van der Waals surface area contributed by atoms with Gasteiger partial charge in [-0.1, -0.05) is 18.2 Å². The van der Waals surface area contributed by atoms with E-state index in [0.717, 1.165) is 25.1 Å². The van der Waals surface area contributed by atoms with Crippen molar-refractivity contribution in [3.05, 3.63) is 50.8 Å². The number of likely N-dealkylation sites (N-methyl/N-ethyl adjacent to an activating group) is 1. The minimum absolute atomic E-state index is 0.230. The molecule has 0 aliphatic carbocycles. The zero-order valence-electron chi connectivity index (χ0n) is 17.1. The highest BCUT2D eigenvalue weighted by Gasteiger charge is 2.32. The minimum Gasteiger partial charge on any atom is -0.466 e. The first-order valence-corrected chi connectivity index (χ1v) is 10.4. The Hall–Kier alpha value is -2.83. The molecule has 1 aliphatic heterocycles. The number of rotatable bonds is 9. The van der Waals surface area contributed by atoms with E-state index < -0.39 is 10.9 Å². The third kappa shape index (κ3) is 4.60. The summed E-state index contributed by atoms with van der Waals surface area (Å²) in [6.45, 7) is 7.41. The van der Waals surface area contributed by atoms with Gasteiger partial charge < -0.3 is 19.9 Å². The summed E-state index contributed by atoms with van der Waals surface area (Å²) >= 11 is 0. The molecule has 0 bridgehead atoms. The SMILES string of the molecule is CCOC(=O)[C@@H]1CCCN(c2c(NCCN(CC)c3ccccc3)c(=O)c2=O)C1. The number of esters is 1. The van der Waals surface area contributed by atoms with Crippen LogP contribution in [0.4, 0.5) is 17.1 Å². The number of para-hydroxylation sites is 1. The largest absolute Gasteiger partial charge is 0.466 e. The van der Waals surface area contributed by atoms with Gasteiger partial charge in [0.05, 0.1) is 12.5 Å². The van der Waals surface area contributed by atoms with E-state index in [4.69, 9.17) is 4.74 Å². The molecular weight excluding hydrogens is 370 g/mol. The van der Waals surface area contributed by atoms with Gasteiger partial charge in [0.2, 0.25) is 0 Å². The molecule has 3 rings (SSSR count). The van der Waals surface area contributed by atoms with Crippen LogP contribution in [0.15, 0.2) is 39.9 Å². The Balaban J connectivity index is 1.63. The predicted molar refractivity (Wildman–Crippen MR) is 116 cm³/mol. The van der Waals surface area contributed by atoms with Gasteiger partial charge >= 0.3 is 5.97 Å². The van der Waals surface area contributed by atoms with Crippen molar-refractivity contribution in [2.24, 2.45) is 5.92 Å². The second-order valence-electron chi connectivity index (χ2n) is 7.26. The Labute approximate surface area is 171 Å². The number of piperidine rings is 1. The summed E-state index contributed by atoms with van der Waals surface area (Å²) < 4.78 is 5.13. The molecule has 2 aromatic rings. The maximum Gasteiger partial charge on any atom is 0.310 e. The number of hydrogen-bond acceptors (Lipinski definition) is 7. The van der Waals surface area contributed by atoms with Crippen molar-refractivity contribution in [1.29, 1.82) is 0 Å². The summed E-state index contributed by atoms with van der Waals surface area (Å²) in [4.78, 5) is 40.5. The van der Waals surface area contributed by atoms with Gasteiger partial charge in [-0.15, -0.1) is 0 Å². The summed E-state index contributed by atoms with van der Waals surface area (Å²) in [6.07, 6.45) is 1.54. The highest BCUT2D eigenvalue weighted by molar-refractivity contribution is 5.78. The lowest BCUT2D eigenvalue weighted by molar-refractivity contribution is -0.148. The van der Waals surface area contributed by atoms with Gasteiger partial charge in [-0.3, -0.25) is 14.4 Å². The average molecular weight is 399 g/mol. The maximum atomic E-state index is 12.2. The number of benzene rings is 1. The van der Waals surface area contributed by atoms with Crippen molar-refractivity contribution < 1.29 is 9.53 Å². The molecule has 7 heteroatoms. The smallest absolute Gasteiger partial charge is 0.310 e. The highest BCUT2D eigenvalue weighted by atomic mass is 16.5. The number of nitrogens with one attached hydrogen (secondary N) is 1. The Morgan fingerprint density at radius 1 is 1.21 bits per heavy atom. The number of nitrogens with zero attached hydrogens (tertiary/aromatic N) is 2. The number of anilines is 3. The van der Waals surface area contributed by atoms with Crippen molar-refractivity contribution in [1.82, 2.24) is 0 Å². The molecular formula is C22H29N3O4. The quantitative estimate of drug-likeness (QED) is 0.510. The molecule has 0 saturated carbocycles. The maximum absolute atomic E-state index is 12.2. The molecule has 0 spiro atoms. The standard InChI is InChI=1S/C22H29N3O4/c1-3-24(17-10-6-5-7-11-17)14-12-23-18-19(21(27)20(18)26)25-13-8-9-16(15-25)22(28)29-4-2/h5-7,10-11,16,23H,3-4,8-9,12-15H2,1-2H3/t16-/m1/s1. The van der Waals surface area contributed by atoms with Crippen molar-refractivity contribution in [2.45, 2.75) is 26.7 Å². The number of ether oxygens (including phenoxy) is 1. The fourth-order valence-corrected chi connectivity index (χ4v) is 3.90. The first kappa shape index (κ1) is 20.9. The van der Waals surface area contributed by atoms with Gasteiger partial charge in [0, 0.05) is 38.4 Å². The highest BCUT2D eigenvalue weighted by Crippen LogP contribution is 2.27. The van der Waals surface area contributed by atoms with Gasteiger partial charge in [-0.05, 0) is 38.8 Å². The van der Waals surface area contributed by atoms with Crippen LogP contribution in [0.25, 0.3) is 0 Å². The summed E-state index contributed by atoms with van der Waals surface area (Å²) in [5.74, 6) is -0.485. The summed E-state index contributed by atoms with van der Waals surface area (Å²) in [7, 11) is 0. The molecule has 29 heavy (non-hydrogen) atoms. The van der Waals surface area contributed by atoms with E-state index in [1.165, 1.54) is 0 Å². The number of carbonyl (C=O) groups excluding carboxylic acids is 1. The van der Waals surface area contributed by atoms with E-state index in [1.807, 2.05) is 23.1 Å². The predicted octanol–water partition coefficient (Wildman–Crippen LogP) is 2.00. The lowest BCUT2D eigenvalue weighted by atomic mass is 9.96. The zero-order valence-corrected chi connectivity index (χ0v) is 17.1. The van der Waals surface area contributed by atoms with Crippen LogP contribution in [0.3, 0.4) is 0 Å².